The summed E-state index contributed by atoms with van der Waals surface area (Å²) in [6, 6.07) is 0. The fourth-order valence-electron chi connectivity index (χ4n) is 1.11. The summed E-state index contributed by atoms with van der Waals surface area (Å²) in [5.41, 5.74) is 1.05. The molecular formula is C8H20ClNSi. The quantitative estimate of drug-likeness (QED) is 0.539. The number of hydrogen-bond acceptors (Lipinski definition) is 1. The van der Waals surface area contributed by atoms with Crippen molar-refractivity contribution in [3.05, 3.63) is 0 Å². The second kappa shape index (κ2) is 4.48. The molecule has 2 unspecified atom stereocenters. The summed E-state index contributed by atoms with van der Waals surface area (Å²) in [6.07, 6.45) is 2.22. The van der Waals surface area contributed by atoms with Gasteiger partial charge in [0.25, 0.3) is 0 Å². The van der Waals surface area contributed by atoms with Crippen LogP contribution in [0.3, 0.4) is 0 Å². The van der Waals surface area contributed by atoms with Crippen LogP contribution < -0.4 is 5.40 Å². The van der Waals surface area contributed by atoms with Gasteiger partial charge in [-0.15, -0.1) is 11.1 Å². The smallest absolute Gasteiger partial charge is 0.229 e. The average Bonchev–Trinajstić information content (AvgIpc) is 2.01. The molecule has 0 heterocycles. The van der Waals surface area contributed by atoms with Crippen LogP contribution in [-0.2, 0) is 0 Å². The minimum atomic E-state index is -1.94. The van der Waals surface area contributed by atoms with Gasteiger partial charge in [-0.1, -0.05) is 40.5 Å². The Morgan fingerprint density at radius 3 is 1.64 bits per heavy atom. The molecular weight excluding hydrogens is 174 g/mol. The topological polar surface area (TPSA) is 26.0 Å². The molecule has 0 aromatic carbocycles. The van der Waals surface area contributed by atoms with E-state index in [0.717, 1.165) is 12.8 Å². The molecule has 2 atom stereocenters. The Morgan fingerprint density at radius 2 is 1.45 bits per heavy atom. The second-order valence-electron chi connectivity index (χ2n) is 3.45. The number of halogens is 1. The van der Waals surface area contributed by atoms with Gasteiger partial charge in [0.05, 0.1) is 0 Å². The average molecular weight is 194 g/mol. The molecule has 3 heteroatoms. The van der Waals surface area contributed by atoms with Crippen LogP contribution in [0.1, 0.15) is 40.5 Å². The highest BCUT2D eigenvalue weighted by Gasteiger charge is 2.36. The highest BCUT2D eigenvalue weighted by atomic mass is 35.6. The first kappa shape index (κ1) is 11.5. The largest absolute Gasteiger partial charge is 0.339 e. The fourth-order valence-corrected chi connectivity index (χ4v) is 4.26. The third-order valence-electron chi connectivity index (χ3n) is 2.74. The maximum atomic E-state index is 6.35. The molecule has 0 saturated heterocycles. The summed E-state index contributed by atoms with van der Waals surface area (Å²) in [5, 5.41) is 6.13. The molecule has 0 spiro atoms. The molecule has 68 valence electrons. The van der Waals surface area contributed by atoms with Gasteiger partial charge in [-0.05, 0) is 11.1 Å². The van der Waals surface area contributed by atoms with E-state index in [1.807, 2.05) is 0 Å². The van der Waals surface area contributed by atoms with Crippen molar-refractivity contribution in [1.29, 1.82) is 0 Å². The fraction of sp³-hybridized carbons (Fsp3) is 1.00. The van der Waals surface area contributed by atoms with Gasteiger partial charge in [0.15, 0.2) is 0 Å². The Bertz CT molecular complexity index is 105. The highest BCUT2D eigenvalue weighted by molar-refractivity contribution is 7.20. The summed E-state index contributed by atoms with van der Waals surface area (Å²) in [4.78, 5) is 0. The van der Waals surface area contributed by atoms with Crippen molar-refractivity contribution in [2.24, 2.45) is 5.40 Å². The van der Waals surface area contributed by atoms with E-state index in [2.05, 4.69) is 27.7 Å². The number of rotatable bonds is 4. The van der Waals surface area contributed by atoms with Crippen molar-refractivity contribution in [2.45, 2.75) is 51.6 Å². The Labute approximate surface area is 76.1 Å². The van der Waals surface area contributed by atoms with Crippen LogP contribution in [0.25, 0.3) is 0 Å². The predicted molar refractivity (Wildman–Crippen MR) is 55.2 cm³/mol. The standard InChI is InChI=1S/C8H20ClNSi/c1-5-7(3)11(9,10)8(4)6-2/h7-8H,5-6,10H2,1-4H3. The van der Waals surface area contributed by atoms with Gasteiger partial charge in [-0.3, -0.25) is 0 Å². The lowest BCUT2D eigenvalue weighted by Gasteiger charge is -2.30. The van der Waals surface area contributed by atoms with Crippen molar-refractivity contribution in [3.63, 3.8) is 0 Å². The molecule has 0 aliphatic carbocycles. The molecule has 0 aromatic heterocycles. The van der Waals surface area contributed by atoms with Gasteiger partial charge in [-0.2, -0.15) is 0 Å². The molecule has 0 rings (SSSR count). The van der Waals surface area contributed by atoms with Crippen molar-refractivity contribution < 1.29 is 0 Å². The lowest BCUT2D eigenvalue weighted by Crippen LogP contribution is -2.47. The maximum absolute atomic E-state index is 6.35. The van der Waals surface area contributed by atoms with Gasteiger partial charge in [0.1, 0.15) is 0 Å². The van der Waals surface area contributed by atoms with E-state index in [1.54, 1.807) is 0 Å². The van der Waals surface area contributed by atoms with E-state index in [1.165, 1.54) is 0 Å². The third-order valence-corrected chi connectivity index (χ3v) is 8.81. The normalized spacial score (nSPS) is 22.4. The Hall–Kier alpha value is 0.467. The summed E-state index contributed by atoms with van der Waals surface area (Å²) < 4.78 is 0. The maximum Gasteiger partial charge on any atom is 0.229 e. The zero-order valence-corrected chi connectivity index (χ0v) is 9.78. The molecule has 0 saturated carbocycles. The van der Waals surface area contributed by atoms with Crippen molar-refractivity contribution >= 4 is 18.6 Å². The predicted octanol–water partition coefficient (Wildman–Crippen LogP) is 3.23. The minimum absolute atomic E-state index is 0.527. The summed E-state index contributed by atoms with van der Waals surface area (Å²) in [6.45, 7) is 8.66. The molecule has 0 bridgehead atoms. The Morgan fingerprint density at radius 1 is 1.18 bits per heavy atom. The van der Waals surface area contributed by atoms with Crippen LogP contribution in [0.5, 0.6) is 0 Å². The van der Waals surface area contributed by atoms with E-state index in [-0.39, 0.29) is 0 Å². The molecule has 0 aromatic rings. The van der Waals surface area contributed by atoms with Crippen LogP contribution in [-0.4, -0.2) is 7.55 Å². The molecule has 0 aliphatic rings. The van der Waals surface area contributed by atoms with E-state index >= 15 is 0 Å². The van der Waals surface area contributed by atoms with Crippen LogP contribution in [0.2, 0.25) is 11.1 Å². The molecule has 0 aliphatic heterocycles. The zero-order valence-electron chi connectivity index (χ0n) is 8.02. The van der Waals surface area contributed by atoms with Crippen molar-refractivity contribution in [3.8, 4) is 0 Å². The first-order valence-corrected chi connectivity index (χ1v) is 7.68. The minimum Gasteiger partial charge on any atom is -0.339 e. The van der Waals surface area contributed by atoms with Crippen LogP contribution in [0.4, 0.5) is 0 Å². The Balaban J connectivity index is 4.18. The van der Waals surface area contributed by atoms with Crippen molar-refractivity contribution in [2.75, 3.05) is 0 Å². The third kappa shape index (κ3) is 2.77. The van der Waals surface area contributed by atoms with Crippen LogP contribution in [0.15, 0.2) is 0 Å². The van der Waals surface area contributed by atoms with Crippen LogP contribution in [0, 0.1) is 0 Å². The first-order valence-electron chi connectivity index (χ1n) is 4.44. The zero-order chi connectivity index (χ0) is 9.07. The molecule has 0 radical (unpaired) electrons. The van der Waals surface area contributed by atoms with E-state index < -0.39 is 7.55 Å². The van der Waals surface area contributed by atoms with Crippen LogP contribution >= 0.6 is 11.1 Å². The highest BCUT2D eigenvalue weighted by Crippen LogP contribution is 2.35. The second-order valence-corrected chi connectivity index (χ2v) is 9.04. The molecule has 1 nitrogen and oxygen atoms in total. The van der Waals surface area contributed by atoms with Gasteiger partial charge in [0.2, 0.25) is 7.55 Å². The van der Waals surface area contributed by atoms with Gasteiger partial charge >= 0.3 is 0 Å². The lowest BCUT2D eigenvalue weighted by molar-refractivity contribution is 0.769. The van der Waals surface area contributed by atoms with Gasteiger partial charge < -0.3 is 5.40 Å². The number of nitrogens with two attached hydrogens (primary N) is 1. The summed E-state index contributed by atoms with van der Waals surface area (Å²) in [7, 11) is -1.94. The molecule has 11 heavy (non-hydrogen) atoms. The summed E-state index contributed by atoms with van der Waals surface area (Å²) >= 11 is 6.35. The van der Waals surface area contributed by atoms with E-state index in [4.69, 9.17) is 16.5 Å². The van der Waals surface area contributed by atoms with E-state index in [9.17, 15) is 0 Å². The lowest BCUT2D eigenvalue weighted by atomic mass is 10.4. The molecule has 2 N–H and O–H groups in total. The number of hydrogen-bond donors (Lipinski definition) is 1. The summed E-state index contributed by atoms with van der Waals surface area (Å²) in [5.74, 6) is 0. The Kier molecular flexibility index (Phi) is 4.67. The SMILES string of the molecule is CCC(C)[Si](N)(Cl)C(C)CC. The first-order chi connectivity index (χ1) is 4.96. The molecule has 0 fully saturated rings. The monoisotopic (exact) mass is 193 g/mol. The molecule has 0 amide bonds. The van der Waals surface area contributed by atoms with Crippen molar-refractivity contribution in [1.82, 2.24) is 0 Å². The van der Waals surface area contributed by atoms with Gasteiger partial charge in [0, 0.05) is 0 Å². The van der Waals surface area contributed by atoms with Gasteiger partial charge in [-0.25, -0.2) is 0 Å². The van der Waals surface area contributed by atoms with E-state index in [0.29, 0.717) is 11.1 Å².